The highest BCUT2D eigenvalue weighted by atomic mass is 14.9. The molecular weight excluding hydrogens is 763 g/mol. The monoisotopic (exact) mass is 795 g/mol. The summed E-state index contributed by atoms with van der Waals surface area (Å²) in [4.78, 5) is 0. The van der Waals surface area contributed by atoms with E-state index in [2.05, 4.69) is 170 Å². The maximum absolute atomic E-state index is 11.4. The van der Waals surface area contributed by atoms with Crippen molar-refractivity contribution < 1.29 is 0 Å². The van der Waals surface area contributed by atoms with Gasteiger partial charge in [0.1, 0.15) is 0 Å². The molecule has 7 aliphatic rings. The van der Waals surface area contributed by atoms with Gasteiger partial charge in [0.05, 0.1) is 39.8 Å². The Balaban J connectivity index is 1.15. The van der Waals surface area contributed by atoms with E-state index in [9.17, 15) is 10.5 Å². The lowest BCUT2D eigenvalue weighted by Gasteiger charge is -2.58. The van der Waals surface area contributed by atoms with E-state index >= 15 is 0 Å². The normalized spacial score (nSPS) is 22.6. The maximum atomic E-state index is 11.4. The van der Waals surface area contributed by atoms with Crippen LogP contribution in [0.5, 0.6) is 0 Å². The summed E-state index contributed by atoms with van der Waals surface area (Å²) in [6.07, 6.45) is 0. The summed E-state index contributed by atoms with van der Waals surface area (Å²) >= 11 is 0. The van der Waals surface area contributed by atoms with E-state index in [4.69, 9.17) is 0 Å². The highest BCUT2D eigenvalue weighted by molar-refractivity contribution is 6.38. The molecule has 18 rings (SSSR count). The molecule has 7 aliphatic carbocycles. The number of rotatable bonds is 0. The van der Waals surface area contributed by atoms with E-state index in [1.165, 1.54) is 121 Å². The largest absolute Gasteiger partial charge is 0.308 e. The number of fused-ring (bicyclic) bond motifs is 16. The molecule has 3 nitrogen and oxygen atoms in total. The van der Waals surface area contributed by atoms with Gasteiger partial charge in [0.2, 0.25) is 0 Å². The SMILES string of the molecule is CC1(C)c2cccc3ccc4c(c1c1c5c6c(c(C#N)cc5n5c7cc(C#N)c8c(c7c4c15)C1c4ccccc4C8c4ccccc41)C1c4ccccc4C14c1ccccc1C64)c23. The summed E-state index contributed by atoms with van der Waals surface area (Å²) in [6, 6.07) is 57.8. The van der Waals surface area contributed by atoms with Gasteiger partial charge < -0.3 is 4.40 Å². The van der Waals surface area contributed by atoms with Crippen LogP contribution in [0, 0.1) is 22.7 Å². The lowest BCUT2D eigenvalue weighted by Crippen LogP contribution is -2.52. The molecule has 9 aromatic carbocycles. The maximum Gasteiger partial charge on any atom is 0.0995 e. The zero-order chi connectivity index (χ0) is 41.2. The van der Waals surface area contributed by atoms with Crippen molar-refractivity contribution in [2.75, 3.05) is 0 Å². The Bertz CT molecular complexity index is 4190. The second-order valence-corrected chi connectivity index (χ2v) is 19.9. The average molecular weight is 796 g/mol. The molecule has 63 heavy (non-hydrogen) atoms. The van der Waals surface area contributed by atoms with E-state index in [-0.39, 0.29) is 34.5 Å². The third-order valence-corrected chi connectivity index (χ3v) is 17.5. The molecule has 3 heteroatoms. The average Bonchev–Trinajstić information content (AvgIpc) is 3.97. The molecule has 1 spiro atoms. The van der Waals surface area contributed by atoms with Gasteiger partial charge in [-0.2, -0.15) is 10.5 Å². The number of hydrogen-bond donors (Lipinski definition) is 0. The standard InChI is InChI=1S/C60H33N3/c1-59(2)40-21-11-12-28-22-23-37-48(43(28)40)57(59)54-51-42(25-30(27-62)45-53(51)56-36-18-8-10-20-39(36)60(56)38-19-9-7-17-35(38)55(45)60)63-41-24-29(26-61)44-46-31-13-3-5-15-33(31)47(34-16-6-4-14-32(34)46)52(44)50(41)49(37)58(54)63/h3-25,46-47,55-56H,1-2H3. The fraction of sp³-hybridized carbons (Fsp3) is 0.133. The minimum absolute atomic E-state index is 0.0166. The van der Waals surface area contributed by atoms with Crippen LogP contribution in [0.1, 0.15) is 127 Å². The molecule has 3 unspecified atom stereocenters. The Morgan fingerprint density at radius 1 is 0.460 bits per heavy atom. The molecule has 0 N–H and O–H groups in total. The van der Waals surface area contributed by atoms with Crippen molar-refractivity contribution in [2.45, 2.75) is 48.3 Å². The molecule has 0 radical (unpaired) electrons. The summed E-state index contributed by atoms with van der Waals surface area (Å²) < 4.78 is 2.53. The van der Waals surface area contributed by atoms with E-state index in [0.717, 1.165) is 27.7 Å². The smallest absolute Gasteiger partial charge is 0.0995 e. The minimum Gasteiger partial charge on any atom is -0.308 e. The Morgan fingerprint density at radius 3 is 1.60 bits per heavy atom. The highest BCUT2D eigenvalue weighted by Crippen LogP contribution is 2.79. The van der Waals surface area contributed by atoms with Crippen molar-refractivity contribution in [3.05, 3.63) is 229 Å². The molecule has 288 valence electrons. The molecule has 0 aliphatic heterocycles. The van der Waals surface area contributed by atoms with Crippen LogP contribution in [0.15, 0.2) is 140 Å². The topological polar surface area (TPSA) is 52.0 Å². The zero-order valence-corrected chi connectivity index (χ0v) is 34.4. The molecule has 2 heterocycles. The van der Waals surface area contributed by atoms with Crippen LogP contribution in [0.2, 0.25) is 0 Å². The molecule has 0 saturated carbocycles. The fourth-order valence-electron chi connectivity index (χ4n) is 15.7. The Kier molecular flexibility index (Phi) is 5.00. The fourth-order valence-corrected chi connectivity index (χ4v) is 15.7. The predicted molar refractivity (Wildman–Crippen MR) is 250 cm³/mol. The molecule has 0 fully saturated rings. The van der Waals surface area contributed by atoms with E-state index in [1.807, 2.05) is 0 Å². The number of nitrogens with zero attached hydrogens (tertiary/aromatic N) is 3. The predicted octanol–water partition coefficient (Wildman–Crippen LogP) is 13.4. The minimum atomic E-state index is -0.293. The van der Waals surface area contributed by atoms with Crippen LogP contribution < -0.4 is 0 Å². The van der Waals surface area contributed by atoms with E-state index < -0.39 is 0 Å². The van der Waals surface area contributed by atoms with Crippen LogP contribution in [0.25, 0.3) is 59.6 Å². The second kappa shape index (κ2) is 9.82. The molecule has 2 aromatic heterocycles. The zero-order valence-electron chi connectivity index (χ0n) is 34.4. The quantitative estimate of drug-likeness (QED) is 0.144. The first-order chi connectivity index (χ1) is 31.0. The number of aromatic nitrogens is 1. The first-order valence-corrected chi connectivity index (χ1v) is 22.5. The van der Waals surface area contributed by atoms with Crippen LogP contribution in [-0.2, 0) is 10.8 Å². The van der Waals surface area contributed by atoms with Gasteiger partial charge >= 0.3 is 0 Å². The summed E-state index contributed by atoms with van der Waals surface area (Å²) in [7, 11) is 0. The summed E-state index contributed by atoms with van der Waals surface area (Å²) in [5.74, 6) is 0.206. The van der Waals surface area contributed by atoms with Gasteiger partial charge in [0.25, 0.3) is 0 Å². The third kappa shape index (κ3) is 2.98. The summed E-state index contributed by atoms with van der Waals surface area (Å²) in [5, 5.41) is 33.3. The van der Waals surface area contributed by atoms with Crippen LogP contribution in [0.4, 0.5) is 0 Å². The number of nitriles is 2. The van der Waals surface area contributed by atoms with E-state index in [1.54, 1.807) is 0 Å². The number of benzene rings is 9. The Morgan fingerprint density at radius 2 is 0.984 bits per heavy atom. The lowest BCUT2D eigenvalue weighted by atomic mass is 9.43. The van der Waals surface area contributed by atoms with Crippen molar-refractivity contribution >= 4 is 59.6 Å². The number of hydrogen-bond acceptors (Lipinski definition) is 2. The highest BCUT2D eigenvalue weighted by Gasteiger charge is 2.70. The van der Waals surface area contributed by atoms with Crippen molar-refractivity contribution in [2.24, 2.45) is 0 Å². The van der Waals surface area contributed by atoms with Gasteiger partial charge in [-0.3, -0.25) is 0 Å². The molecule has 11 aromatic rings. The summed E-state index contributed by atoms with van der Waals surface area (Å²) in [5.41, 5.74) is 23.1. The van der Waals surface area contributed by atoms with E-state index in [0.29, 0.717) is 0 Å². The third-order valence-electron chi connectivity index (χ3n) is 17.5. The molecule has 0 saturated heterocycles. The Hall–Kier alpha value is -7.72. The van der Waals surface area contributed by atoms with Crippen molar-refractivity contribution in [1.82, 2.24) is 4.40 Å². The first kappa shape index (κ1) is 32.1. The van der Waals surface area contributed by atoms with Crippen molar-refractivity contribution in [3.63, 3.8) is 0 Å². The lowest BCUT2D eigenvalue weighted by molar-refractivity contribution is 0.333. The van der Waals surface area contributed by atoms with Gasteiger partial charge in [0.15, 0.2) is 0 Å². The van der Waals surface area contributed by atoms with Gasteiger partial charge in [-0.15, -0.1) is 0 Å². The Labute approximate surface area is 362 Å². The molecule has 3 atom stereocenters. The van der Waals surface area contributed by atoms with Crippen LogP contribution in [-0.4, -0.2) is 4.40 Å². The van der Waals surface area contributed by atoms with Crippen molar-refractivity contribution in [1.29, 1.82) is 10.5 Å². The summed E-state index contributed by atoms with van der Waals surface area (Å²) in [6.45, 7) is 4.88. The van der Waals surface area contributed by atoms with Gasteiger partial charge in [-0.25, -0.2) is 0 Å². The van der Waals surface area contributed by atoms with Crippen LogP contribution >= 0.6 is 0 Å². The van der Waals surface area contributed by atoms with Crippen LogP contribution in [0.3, 0.4) is 0 Å². The molecule has 2 bridgehead atoms. The van der Waals surface area contributed by atoms with Crippen molar-refractivity contribution in [3.8, 4) is 12.1 Å². The second-order valence-electron chi connectivity index (χ2n) is 19.9. The first-order valence-electron chi connectivity index (χ1n) is 22.5. The molecular formula is C60H33N3. The molecule has 0 amide bonds. The van der Waals surface area contributed by atoms with Gasteiger partial charge in [-0.1, -0.05) is 141 Å². The van der Waals surface area contributed by atoms with Gasteiger partial charge in [0, 0.05) is 56.0 Å². The van der Waals surface area contributed by atoms with Gasteiger partial charge in [-0.05, 0) is 112 Å².